The summed E-state index contributed by atoms with van der Waals surface area (Å²) < 4.78 is 62.4. The zero-order chi connectivity index (χ0) is 28.5. The molecule has 9 nitrogen and oxygen atoms in total. The number of nitrogens with one attached hydrogen (secondary N) is 2. The number of rotatable bonds is 8. The minimum absolute atomic E-state index is 0.00923. The fraction of sp³-hybridized carbons (Fsp3) is 0.138. The number of carbonyl (C=O) groups excluding carboxylic acids is 1. The largest absolute Gasteiger partial charge is 0.495 e. The van der Waals surface area contributed by atoms with Crippen molar-refractivity contribution in [3.05, 3.63) is 108 Å². The average Bonchev–Trinajstić information content (AvgIpc) is 3.39. The van der Waals surface area contributed by atoms with Crippen molar-refractivity contribution < 1.29 is 26.4 Å². The first-order chi connectivity index (χ1) is 19.1. The SMILES string of the molecule is COc1ccccc1NS(=O)(=O)c1cc(NC(=O)c2cccc(S(=O)(=O)N3CCc4ccccc43)c2)ccc1C. The molecule has 40 heavy (non-hydrogen) atoms. The Kier molecular flexibility index (Phi) is 7.26. The number of carbonyl (C=O) groups is 1. The summed E-state index contributed by atoms with van der Waals surface area (Å²) in [6.45, 7) is 1.97. The summed E-state index contributed by atoms with van der Waals surface area (Å²) in [6, 6.07) is 24.2. The van der Waals surface area contributed by atoms with Crippen LogP contribution in [0.2, 0.25) is 0 Å². The van der Waals surface area contributed by atoms with Gasteiger partial charge in [-0.15, -0.1) is 0 Å². The van der Waals surface area contributed by atoms with E-state index in [9.17, 15) is 21.6 Å². The van der Waals surface area contributed by atoms with Crippen LogP contribution in [0.25, 0.3) is 0 Å². The predicted molar refractivity (Wildman–Crippen MR) is 154 cm³/mol. The Morgan fingerprint density at radius 1 is 0.875 bits per heavy atom. The Balaban J connectivity index is 1.38. The van der Waals surface area contributed by atoms with E-state index in [1.165, 1.54) is 41.7 Å². The molecule has 4 aromatic rings. The van der Waals surface area contributed by atoms with Crippen LogP contribution in [0.5, 0.6) is 5.75 Å². The van der Waals surface area contributed by atoms with Crippen molar-refractivity contribution in [2.45, 2.75) is 23.1 Å². The van der Waals surface area contributed by atoms with Crippen LogP contribution in [0, 0.1) is 6.92 Å². The van der Waals surface area contributed by atoms with E-state index in [0.717, 1.165) is 5.56 Å². The lowest BCUT2D eigenvalue weighted by molar-refractivity contribution is 0.102. The smallest absolute Gasteiger partial charge is 0.264 e. The van der Waals surface area contributed by atoms with Crippen molar-refractivity contribution in [1.82, 2.24) is 0 Å². The fourth-order valence-electron chi connectivity index (χ4n) is 4.58. The Labute approximate surface area is 233 Å². The summed E-state index contributed by atoms with van der Waals surface area (Å²) in [7, 11) is -6.48. The fourth-order valence-corrected chi connectivity index (χ4v) is 7.47. The van der Waals surface area contributed by atoms with Crippen LogP contribution in [0.1, 0.15) is 21.5 Å². The summed E-state index contributed by atoms with van der Waals surface area (Å²) in [5.74, 6) is -0.218. The molecule has 0 atom stereocenters. The van der Waals surface area contributed by atoms with E-state index >= 15 is 0 Å². The molecule has 0 saturated carbocycles. The summed E-state index contributed by atoms with van der Waals surface area (Å²) in [4.78, 5) is 13.1. The van der Waals surface area contributed by atoms with Crippen molar-refractivity contribution in [2.24, 2.45) is 0 Å². The van der Waals surface area contributed by atoms with Gasteiger partial charge in [-0.05, 0) is 73.0 Å². The molecular weight excluding hydrogens is 550 g/mol. The van der Waals surface area contributed by atoms with Gasteiger partial charge in [0.25, 0.3) is 26.0 Å². The highest BCUT2D eigenvalue weighted by molar-refractivity contribution is 7.93. The molecule has 0 fully saturated rings. The standard InChI is InChI=1S/C29H27N3O6S2/c1-20-14-15-23(19-28(20)39(34,35)31-25-11-4-6-13-27(25)38-2)30-29(33)22-9-7-10-24(18-22)40(36,37)32-17-16-21-8-3-5-12-26(21)32/h3-15,18-19,31H,16-17H2,1-2H3,(H,30,33). The van der Waals surface area contributed by atoms with Crippen molar-refractivity contribution in [1.29, 1.82) is 0 Å². The maximum Gasteiger partial charge on any atom is 0.264 e. The highest BCUT2D eigenvalue weighted by atomic mass is 32.2. The molecular formula is C29H27N3O6S2. The monoisotopic (exact) mass is 577 g/mol. The highest BCUT2D eigenvalue weighted by Crippen LogP contribution is 2.33. The van der Waals surface area contributed by atoms with E-state index in [1.54, 1.807) is 55.5 Å². The third-order valence-electron chi connectivity index (χ3n) is 6.62. The number of hydrogen-bond donors (Lipinski definition) is 2. The number of ether oxygens (including phenoxy) is 1. The van der Waals surface area contributed by atoms with Gasteiger partial charge in [-0.3, -0.25) is 13.8 Å². The molecule has 0 unspecified atom stereocenters. The van der Waals surface area contributed by atoms with Gasteiger partial charge < -0.3 is 10.1 Å². The van der Waals surface area contributed by atoms with Crippen LogP contribution in [-0.2, 0) is 26.5 Å². The Bertz CT molecular complexity index is 1820. The maximum absolute atomic E-state index is 13.4. The van der Waals surface area contributed by atoms with Gasteiger partial charge in [-0.2, -0.15) is 0 Å². The second kappa shape index (κ2) is 10.7. The second-order valence-electron chi connectivity index (χ2n) is 9.22. The molecule has 0 aliphatic carbocycles. The van der Waals surface area contributed by atoms with Crippen LogP contribution in [-0.4, -0.2) is 36.4 Å². The zero-order valence-corrected chi connectivity index (χ0v) is 23.4. The Morgan fingerprint density at radius 2 is 1.62 bits per heavy atom. The number of anilines is 3. The van der Waals surface area contributed by atoms with Crippen molar-refractivity contribution in [3.63, 3.8) is 0 Å². The van der Waals surface area contributed by atoms with Gasteiger partial charge in [0.05, 0.1) is 28.3 Å². The minimum atomic E-state index is -4.03. The summed E-state index contributed by atoms with van der Waals surface area (Å²) in [5, 5.41) is 2.68. The maximum atomic E-state index is 13.4. The van der Waals surface area contributed by atoms with Crippen LogP contribution >= 0.6 is 0 Å². The van der Waals surface area contributed by atoms with E-state index < -0.39 is 26.0 Å². The summed E-state index contributed by atoms with van der Waals surface area (Å²) in [6.07, 6.45) is 0.611. The first-order valence-electron chi connectivity index (χ1n) is 12.4. The number of para-hydroxylation sites is 3. The van der Waals surface area contributed by atoms with Crippen molar-refractivity contribution in [3.8, 4) is 5.75 Å². The molecule has 0 aromatic heterocycles. The van der Waals surface area contributed by atoms with Crippen LogP contribution in [0.3, 0.4) is 0 Å². The number of aryl methyl sites for hydroxylation is 1. The lowest BCUT2D eigenvalue weighted by Crippen LogP contribution is -2.29. The molecule has 4 aromatic carbocycles. The quantitative estimate of drug-likeness (QED) is 0.310. The van der Waals surface area contributed by atoms with Gasteiger partial charge in [0.15, 0.2) is 0 Å². The number of benzene rings is 4. The molecule has 1 amide bonds. The number of sulfonamides is 2. The lowest BCUT2D eigenvalue weighted by Gasteiger charge is -2.20. The van der Waals surface area contributed by atoms with Crippen LogP contribution < -0.4 is 19.1 Å². The predicted octanol–water partition coefficient (Wildman–Crippen LogP) is 4.81. The second-order valence-corrected chi connectivity index (χ2v) is 12.7. The number of nitrogens with zero attached hydrogens (tertiary/aromatic N) is 1. The van der Waals surface area contributed by atoms with E-state index in [1.807, 2.05) is 12.1 Å². The van der Waals surface area contributed by atoms with Crippen molar-refractivity contribution in [2.75, 3.05) is 28.0 Å². The van der Waals surface area contributed by atoms with E-state index in [4.69, 9.17) is 4.74 Å². The molecule has 0 saturated heterocycles. The molecule has 0 spiro atoms. The molecule has 5 rings (SSSR count). The van der Waals surface area contributed by atoms with Gasteiger partial charge in [-0.25, -0.2) is 16.8 Å². The molecule has 0 bridgehead atoms. The highest BCUT2D eigenvalue weighted by Gasteiger charge is 2.31. The zero-order valence-electron chi connectivity index (χ0n) is 21.8. The number of hydrogen-bond acceptors (Lipinski definition) is 6. The molecule has 1 heterocycles. The van der Waals surface area contributed by atoms with Crippen LogP contribution in [0.15, 0.2) is 101 Å². The lowest BCUT2D eigenvalue weighted by atomic mass is 10.2. The summed E-state index contributed by atoms with van der Waals surface area (Å²) >= 11 is 0. The third kappa shape index (κ3) is 5.25. The number of methoxy groups -OCH3 is 1. The normalized spacial score (nSPS) is 13.0. The minimum Gasteiger partial charge on any atom is -0.495 e. The van der Waals surface area contributed by atoms with Gasteiger partial charge in [0.1, 0.15) is 5.75 Å². The third-order valence-corrected chi connectivity index (χ3v) is 9.93. The Hall–Kier alpha value is -4.35. The Morgan fingerprint density at radius 3 is 2.42 bits per heavy atom. The summed E-state index contributed by atoms with van der Waals surface area (Å²) in [5.41, 5.74) is 2.68. The topological polar surface area (TPSA) is 122 Å². The molecule has 0 radical (unpaired) electrons. The van der Waals surface area contributed by atoms with E-state index in [-0.39, 0.29) is 26.7 Å². The van der Waals surface area contributed by atoms with E-state index in [2.05, 4.69) is 10.0 Å². The van der Waals surface area contributed by atoms with Gasteiger partial charge in [0, 0.05) is 17.8 Å². The molecule has 2 N–H and O–H groups in total. The first kappa shape index (κ1) is 27.2. The molecule has 1 aliphatic rings. The first-order valence-corrected chi connectivity index (χ1v) is 15.3. The average molecular weight is 578 g/mol. The van der Waals surface area contributed by atoms with Crippen LogP contribution in [0.4, 0.5) is 17.1 Å². The molecule has 206 valence electrons. The molecule has 1 aliphatic heterocycles. The number of amides is 1. The molecule has 11 heteroatoms. The van der Waals surface area contributed by atoms with Gasteiger partial charge in [0.2, 0.25) is 0 Å². The van der Waals surface area contributed by atoms with E-state index in [0.29, 0.717) is 30.0 Å². The van der Waals surface area contributed by atoms with Crippen molar-refractivity contribution >= 4 is 43.0 Å². The van der Waals surface area contributed by atoms with Gasteiger partial charge >= 0.3 is 0 Å². The number of fused-ring (bicyclic) bond motifs is 1. The van der Waals surface area contributed by atoms with Gasteiger partial charge in [-0.1, -0.05) is 42.5 Å².